The van der Waals surface area contributed by atoms with E-state index in [4.69, 9.17) is 5.26 Å². The second-order valence-electron chi connectivity index (χ2n) is 5.65. The standard InChI is InChI=1S/C18H20N2O3S/c1-14(21)11-17(15-7-3-2-4-8-15)13-20-24(22,23)18-10-6-5-9-16(18)12-19/h2-10,14,17,20-21H,11,13H2,1H3. The fraction of sp³-hybridized carbons (Fsp3) is 0.278. The minimum absolute atomic E-state index is 0.0311. The number of sulfonamides is 1. The average molecular weight is 344 g/mol. The Morgan fingerprint density at radius 2 is 1.75 bits per heavy atom. The van der Waals surface area contributed by atoms with Crippen LogP contribution in [0.25, 0.3) is 0 Å². The Hall–Kier alpha value is -2.20. The van der Waals surface area contributed by atoms with Gasteiger partial charge in [0.05, 0.1) is 16.6 Å². The van der Waals surface area contributed by atoms with Gasteiger partial charge in [0.1, 0.15) is 6.07 Å². The highest BCUT2D eigenvalue weighted by molar-refractivity contribution is 7.89. The molecule has 24 heavy (non-hydrogen) atoms. The Morgan fingerprint density at radius 3 is 2.38 bits per heavy atom. The number of aliphatic hydroxyl groups is 1. The third-order valence-corrected chi connectivity index (χ3v) is 5.20. The zero-order chi connectivity index (χ0) is 17.6. The summed E-state index contributed by atoms with van der Waals surface area (Å²) in [6.07, 6.45) is -0.113. The molecular formula is C18H20N2O3S. The molecule has 0 radical (unpaired) electrons. The van der Waals surface area contributed by atoms with Gasteiger partial charge in [0, 0.05) is 6.54 Å². The summed E-state index contributed by atoms with van der Waals surface area (Å²) in [6.45, 7) is 1.83. The smallest absolute Gasteiger partial charge is 0.241 e. The maximum atomic E-state index is 12.5. The second-order valence-corrected chi connectivity index (χ2v) is 7.39. The fourth-order valence-corrected chi connectivity index (χ4v) is 3.79. The van der Waals surface area contributed by atoms with Gasteiger partial charge in [-0.2, -0.15) is 5.26 Å². The predicted molar refractivity (Wildman–Crippen MR) is 91.8 cm³/mol. The van der Waals surface area contributed by atoms with Crippen LogP contribution in [-0.4, -0.2) is 26.2 Å². The van der Waals surface area contributed by atoms with Crippen molar-refractivity contribution in [3.8, 4) is 6.07 Å². The number of aliphatic hydroxyl groups excluding tert-OH is 1. The second kappa shape index (κ2) is 8.06. The van der Waals surface area contributed by atoms with Crippen LogP contribution in [-0.2, 0) is 10.0 Å². The summed E-state index contributed by atoms with van der Waals surface area (Å²) >= 11 is 0. The molecule has 0 amide bonds. The Morgan fingerprint density at radius 1 is 1.12 bits per heavy atom. The van der Waals surface area contributed by atoms with E-state index in [9.17, 15) is 13.5 Å². The van der Waals surface area contributed by atoms with E-state index in [1.165, 1.54) is 12.1 Å². The molecule has 5 nitrogen and oxygen atoms in total. The van der Waals surface area contributed by atoms with Crippen LogP contribution < -0.4 is 4.72 Å². The molecule has 0 fully saturated rings. The number of hydrogen-bond donors (Lipinski definition) is 2. The van der Waals surface area contributed by atoms with Crippen molar-refractivity contribution >= 4 is 10.0 Å². The van der Waals surface area contributed by atoms with Crippen LogP contribution in [0.1, 0.15) is 30.4 Å². The molecule has 0 aliphatic rings. The number of nitrogens with zero attached hydrogens (tertiary/aromatic N) is 1. The van der Waals surface area contributed by atoms with Gasteiger partial charge in [-0.15, -0.1) is 0 Å². The Labute approximate surface area is 142 Å². The Bertz CT molecular complexity index is 812. The zero-order valence-electron chi connectivity index (χ0n) is 13.4. The molecule has 2 aromatic carbocycles. The summed E-state index contributed by atoms with van der Waals surface area (Å²) in [4.78, 5) is -0.0311. The predicted octanol–water partition coefficient (Wildman–Crippen LogP) is 2.39. The molecule has 2 rings (SSSR count). The lowest BCUT2D eigenvalue weighted by Crippen LogP contribution is -2.30. The van der Waals surface area contributed by atoms with Crippen LogP contribution in [0.2, 0.25) is 0 Å². The highest BCUT2D eigenvalue weighted by Gasteiger charge is 2.21. The molecular weight excluding hydrogens is 324 g/mol. The Balaban J connectivity index is 2.21. The van der Waals surface area contributed by atoms with Gasteiger partial charge in [-0.3, -0.25) is 0 Å². The molecule has 0 saturated heterocycles. The van der Waals surface area contributed by atoms with E-state index < -0.39 is 16.1 Å². The van der Waals surface area contributed by atoms with E-state index in [-0.39, 0.29) is 22.9 Å². The third-order valence-electron chi connectivity index (χ3n) is 3.71. The van der Waals surface area contributed by atoms with E-state index in [1.807, 2.05) is 36.4 Å². The van der Waals surface area contributed by atoms with Gasteiger partial charge in [0.2, 0.25) is 10.0 Å². The maximum Gasteiger partial charge on any atom is 0.241 e. The highest BCUT2D eigenvalue weighted by atomic mass is 32.2. The lowest BCUT2D eigenvalue weighted by atomic mass is 9.94. The van der Waals surface area contributed by atoms with Crippen LogP contribution in [0.4, 0.5) is 0 Å². The van der Waals surface area contributed by atoms with Crippen molar-refractivity contribution in [2.24, 2.45) is 0 Å². The van der Waals surface area contributed by atoms with Gasteiger partial charge in [-0.25, -0.2) is 13.1 Å². The molecule has 126 valence electrons. The van der Waals surface area contributed by atoms with Crippen molar-refractivity contribution in [3.63, 3.8) is 0 Å². The van der Waals surface area contributed by atoms with Crippen molar-refractivity contribution in [2.45, 2.75) is 30.3 Å². The topological polar surface area (TPSA) is 90.2 Å². The summed E-state index contributed by atoms with van der Waals surface area (Å²) in [5, 5.41) is 18.8. The molecule has 6 heteroatoms. The van der Waals surface area contributed by atoms with Crippen LogP contribution in [0.15, 0.2) is 59.5 Å². The number of nitriles is 1. The molecule has 2 atom stereocenters. The van der Waals surface area contributed by atoms with Crippen molar-refractivity contribution in [3.05, 3.63) is 65.7 Å². The van der Waals surface area contributed by atoms with E-state index in [0.717, 1.165) is 5.56 Å². The van der Waals surface area contributed by atoms with E-state index in [0.29, 0.717) is 6.42 Å². The minimum atomic E-state index is -3.80. The van der Waals surface area contributed by atoms with Crippen LogP contribution >= 0.6 is 0 Å². The monoisotopic (exact) mass is 344 g/mol. The van der Waals surface area contributed by atoms with Crippen molar-refractivity contribution < 1.29 is 13.5 Å². The first kappa shape index (κ1) is 18.1. The van der Waals surface area contributed by atoms with Crippen molar-refractivity contribution in [1.29, 1.82) is 5.26 Å². The summed E-state index contributed by atoms with van der Waals surface area (Å²) in [7, 11) is -3.80. The zero-order valence-corrected chi connectivity index (χ0v) is 14.2. The molecule has 0 saturated carbocycles. The van der Waals surface area contributed by atoms with Crippen LogP contribution in [0.5, 0.6) is 0 Å². The number of rotatable bonds is 7. The average Bonchev–Trinajstić information content (AvgIpc) is 2.59. The molecule has 0 aliphatic heterocycles. The normalized spacial score (nSPS) is 13.9. The van der Waals surface area contributed by atoms with Crippen LogP contribution in [0, 0.1) is 11.3 Å². The molecule has 0 aliphatic carbocycles. The number of benzene rings is 2. The van der Waals surface area contributed by atoms with Gasteiger partial charge in [-0.05, 0) is 37.0 Å². The number of hydrogen-bond acceptors (Lipinski definition) is 4. The Kier molecular flexibility index (Phi) is 6.10. The van der Waals surface area contributed by atoms with E-state index in [2.05, 4.69) is 4.72 Å². The molecule has 0 aromatic heterocycles. The van der Waals surface area contributed by atoms with Crippen LogP contribution in [0.3, 0.4) is 0 Å². The van der Waals surface area contributed by atoms with E-state index in [1.54, 1.807) is 19.1 Å². The largest absolute Gasteiger partial charge is 0.393 e. The molecule has 0 spiro atoms. The van der Waals surface area contributed by atoms with Crippen molar-refractivity contribution in [2.75, 3.05) is 6.54 Å². The van der Waals surface area contributed by atoms with Crippen molar-refractivity contribution in [1.82, 2.24) is 4.72 Å². The molecule has 2 aromatic rings. The summed E-state index contributed by atoms with van der Waals surface area (Å²) in [5.41, 5.74) is 1.06. The van der Waals surface area contributed by atoms with Gasteiger partial charge in [-0.1, -0.05) is 42.5 Å². The first-order valence-corrected chi connectivity index (χ1v) is 9.14. The lowest BCUT2D eigenvalue weighted by molar-refractivity contribution is 0.174. The third kappa shape index (κ3) is 4.65. The first-order valence-electron chi connectivity index (χ1n) is 7.66. The summed E-state index contributed by atoms with van der Waals surface area (Å²) in [5.74, 6) is -0.157. The molecule has 2 unspecified atom stereocenters. The highest BCUT2D eigenvalue weighted by Crippen LogP contribution is 2.22. The maximum absolute atomic E-state index is 12.5. The SMILES string of the molecule is CC(O)CC(CNS(=O)(=O)c1ccccc1C#N)c1ccccc1. The van der Waals surface area contributed by atoms with E-state index >= 15 is 0 Å². The minimum Gasteiger partial charge on any atom is -0.393 e. The summed E-state index contributed by atoms with van der Waals surface area (Å²) < 4.78 is 27.6. The van der Waals surface area contributed by atoms with Gasteiger partial charge < -0.3 is 5.11 Å². The molecule has 0 bridgehead atoms. The lowest BCUT2D eigenvalue weighted by Gasteiger charge is -2.20. The van der Waals surface area contributed by atoms with Gasteiger partial charge >= 0.3 is 0 Å². The summed E-state index contributed by atoms with van der Waals surface area (Å²) in [6, 6.07) is 17.4. The quantitative estimate of drug-likeness (QED) is 0.807. The molecule has 2 N–H and O–H groups in total. The fourth-order valence-electron chi connectivity index (χ4n) is 2.56. The molecule has 0 heterocycles. The van der Waals surface area contributed by atoms with Gasteiger partial charge in [0.25, 0.3) is 0 Å². The first-order chi connectivity index (χ1) is 11.4. The number of nitrogens with one attached hydrogen (secondary N) is 1. The van der Waals surface area contributed by atoms with Gasteiger partial charge in [0.15, 0.2) is 0 Å².